The van der Waals surface area contributed by atoms with Crippen LogP contribution in [0.1, 0.15) is 27.0 Å². The van der Waals surface area contributed by atoms with E-state index in [4.69, 9.17) is 11.6 Å². The quantitative estimate of drug-likeness (QED) is 0.833. The molecule has 0 aliphatic carbocycles. The first kappa shape index (κ1) is 14.6. The number of benzene rings is 2. The number of anilines is 1. The topological polar surface area (TPSA) is 29.1 Å². The number of carbonyl (C=O) groups is 1. The lowest BCUT2D eigenvalue weighted by atomic mass is 10.0. The van der Waals surface area contributed by atoms with Crippen LogP contribution in [0.3, 0.4) is 0 Å². The van der Waals surface area contributed by atoms with Gasteiger partial charge in [0.15, 0.2) is 0 Å². The van der Waals surface area contributed by atoms with Gasteiger partial charge in [-0.15, -0.1) is 11.6 Å². The van der Waals surface area contributed by atoms with Crippen molar-refractivity contribution >= 4 is 23.2 Å². The normalized spacial score (nSPS) is 10.3. The molecule has 0 radical (unpaired) electrons. The second-order valence-electron chi connectivity index (χ2n) is 4.91. The van der Waals surface area contributed by atoms with Crippen molar-refractivity contribution in [3.8, 4) is 0 Å². The van der Waals surface area contributed by atoms with Gasteiger partial charge in [-0.2, -0.15) is 0 Å². The van der Waals surface area contributed by atoms with Crippen molar-refractivity contribution in [2.75, 3.05) is 11.2 Å². The lowest BCUT2D eigenvalue weighted by Gasteiger charge is -2.09. The van der Waals surface area contributed by atoms with Crippen LogP contribution in [0.2, 0.25) is 0 Å². The average Bonchev–Trinajstić information content (AvgIpc) is 2.44. The van der Waals surface area contributed by atoms with Crippen LogP contribution in [0.5, 0.6) is 0 Å². The zero-order valence-corrected chi connectivity index (χ0v) is 12.5. The average molecular weight is 288 g/mol. The highest BCUT2D eigenvalue weighted by Gasteiger charge is 2.09. The molecular formula is C17H18ClNO. The van der Waals surface area contributed by atoms with Gasteiger partial charge in [0.25, 0.3) is 5.91 Å². The van der Waals surface area contributed by atoms with Gasteiger partial charge in [-0.25, -0.2) is 0 Å². The smallest absolute Gasteiger partial charge is 0.255 e. The van der Waals surface area contributed by atoms with E-state index in [1.54, 1.807) is 0 Å². The highest BCUT2D eigenvalue weighted by Crippen LogP contribution is 2.15. The second-order valence-corrected chi connectivity index (χ2v) is 5.29. The lowest BCUT2D eigenvalue weighted by molar-refractivity contribution is 0.102. The van der Waals surface area contributed by atoms with Crippen molar-refractivity contribution in [1.82, 2.24) is 0 Å². The predicted octanol–water partition coefficient (Wildman–Crippen LogP) is 4.34. The molecule has 3 heteroatoms. The van der Waals surface area contributed by atoms with Crippen molar-refractivity contribution in [3.05, 3.63) is 64.7 Å². The third kappa shape index (κ3) is 3.61. The molecule has 104 valence electrons. The maximum atomic E-state index is 12.3. The summed E-state index contributed by atoms with van der Waals surface area (Å²) in [4.78, 5) is 12.3. The standard InChI is InChI=1S/C17H18ClNO/c1-12-3-4-13(2)16(11-12)17(20)19-15-7-5-14(6-8-15)9-10-18/h3-8,11H,9-10H2,1-2H3,(H,19,20). The first-order valence-electron chi connectivity index (χ1n) is 6.63. The molecule has 0 heterocycles. The summed E-state index contributed by atoms with van der Waals surface area (Å²) in [5, 5.41) is 2.92. The van der Waals surface area contributed by atoms with E-state index in [-0.39, 0.29) is 5.91 Å². The van der Waals surface area contributed by atoms with Crippen LogP contribution < -0.4 is 5.32 Å². The van der Waals surface area contributed by atoms with E-state index in [1.165, 1.54) is 5.56 Å². The maximum Gasteiger partial charge on any atom is 0.255 e. The zero-order valence-electron chi connectivity index (χ0n) is 11.7. The number of nitrogens with one attached hydrogen (secondary N) is 1. The number of rotatable bonds is 4. The minimum atomic E-state index is -0.0729. The van der Waals surface area contributed by atoms with Crippen molar-refractivity contribution in [2.45, 2.75) is 20.3 Å². The Balaban J connectivity index is 2.13. The number of amides is 1. The summed E-state index contributed by atoms with van der Waals surface area (Å²) in [6, 6.07) is 13.7. The molecule has 0 unspecified atom stereocenters. The fraction of sp³-hybridized carbons (Fsp3) is 0.235. The fourth-order valence-electron chi connectivity index (χ4n) is 2.04. The van der Waals surface area contributed by atoms with Gasteiger partial charge in [-0.3, -0.25) is 4.79 Å². The summed E-state index contributed by atoms with van der Waals surface area (Å²) in [7, 11) is 0. The van der Waals surface area contributed by atoms with Crippen LogP contribution in [-0.4, -0.2) is 11.8 Å². The molecular weight excluding hydrogens is 270 g/mol. The van der Waals surface area contributed by atoms with Gasteiger partial charge in [0.1, 0.15) is 0 Å². The summed E-state index contributed by atoms with van der Waals surface area (Å²) in [6.07, 6.45) is 0.840. The van der Waals surface area contributed by atoms with Gasteiger partial charge in [-0.05, 0) is 49.6 Å². The van der Waals surface area contributed by atoms with Gasteiger partial charge >= 0.3 is 0 Å². The number of alkyl halides is 1. The number of carbonyl (C=O) groups excluding carboxylic acids is 1. The molecule has 20 heavy (non-hydrogen) atoms. The summed E-state index contributed by atoms with van der Waals surface area (Å²) in [5.74, 6) is 0.532. The summed E-state index contributed by atoms with van der Waals surface area (Å²) >= 11 is 5.70. The van der Waals surface area contributed by atoms with Crippen molar-refractivity contribution in [3.63, 3.8) is 0 Å². The van der Waals surface area contributed by atoms with E-state index in [2.05, 4.69) is 5.32 Å². The molecule has 0 aliphatic rings. The zero-order chi connectivity index (χ0) is 14.5. The fourth-order valence-corrected chi connectivity index (χ4v) is 2.26. The first-order valence-corrected chi connectivity index (χ1v) is 7.17. The van der Waals surface area contributed by atoms with E-state index >= 15 is 0 Å². The highest BCUT2D eigenvalue weighted by molar-refractivity contribution is 6.18. The van der Waals surface area contributed by atoms with Crippen LogP contribution in [-0.2, 0) is 6.42 Å². The maximum absolute atomic E-state index is 12.3. The Bertz CT molecular complexity index is 605. The molecule has 2 rings (SSSR count). The molecule has 0 saturated carbocycles. The Hall–Kier alpha value is -1.80. The highest BCUT2D eigenvalue weighted by atomic mass is 35.5. The van der Waals surface area contributed by atoms with E-state index in [1.807, 2.05) is 56.3 Å². The van der Waals surface area contributed by atoms with Crippen molar-refractivity contribution < 1.29 is 4.79 Å². The van der Waals surface area contributed by atoms with Crippen LogP contribution in [0.25, 0.3) is 0 Å². The molecule has 2 aromatic carbocycles. The largest absolute Gasteiger partial charge is 0.322 e. The lowest BCUT2D eigenvalue weighted by Crippen LogP contribution is -2.13. The Labute approximate surface area is 124 Å². The van der Waals surface area contributed by atoms with E-state index < -0.39 is 0 Å². The molecule has 0 fully saturated rings. The molecule has 0 atom stereocenters. The monoisotopic (exact) mass is 287 g/mol. The molecule has 2 nitrogen and oxygen atoms in total. The van der Waals surface area contributed by atoms with Gasteiger partial charge < -0.3 is 5.32 Å². The van der Waals surface area contributed by atoms with E-state index in [0.717, 1.165) is 28.8 Å². The van der Waals surface area contributed by atoms with Gasteiger partial charge in [0, 0.05) is 17.1 Å². The molecule has 0 aromatic heterocycles. The molecule has 0 saturated heterocycles. The Morgan fingerprint density at radius 2 is 1.80 bits per heavy atom. The molecule has 0 bridgehead atoms. The third-order valence-electron chi connectivity index (χ3n) is 3.23. The SMILES string of the molecule is Cc1ccc(C)c(C(=O)Nc2ccc(CCCl)cc2)c1. The Morgan fingerprint density at radius 3 is 2.45 bits per heavy atom. The number of hydrogen-bond acceptors (Lipinski definition) is 1. The summed E-state index contributed by atoms with van der Waals surface area (Å²) < 4.78 is 0. The minimum Gasteiger partial charge on any atom is -0.322 e. The summed E-state index contributed by atoms with van der Waals surface area (Å²) in [6.45, 7) is 3.93. The Morgan fingerprint density at radius 1 is 1.10 bits per heavy atom. The summed E-state index contributed by atoms with van der Waals surface area (Å²) in [5.41, 5.74) is 4.75. The molecule has 0 aliphatic heterocycles. The molecule has 0 spiro atoms. The van der Waals surface area contributed by atoms with Gasteiger partial charge in [0.2, 0.25) is 0 Å². The van der Waals surface area contributed by atoms with Crippen LogP contribution >= 0.6 is 11.6 Å². The third-order valence-corrected chi connectivity index (χ3v) is 3.42. The number of halogens is 1. The Kier molecular flexibility index (Phi) is 4.80. The predicted molar refractivity (Wildman–Crippen MR) is 84.7 cm³/mol. The van der Waals surface area contributed by atoms with Gasteiger partial charge in [0.05, 0.1) is 0 Å². The molecule has 1 N–H and O–H groups in total. The number of hydrogen-bond donors (Lipinski definition) is 1. The first-order chi connectivity index (χ1) is 9.60. The van der Waals surface area contributed by atoms with Gasteiger partial charge in [-0.1, -0.05) is 29.8 Å². The second kappa shape index (κ2) is 6.58. The van der Waals surface area contributed by atoms with E-state index in [0.29, 0.717) is 5.88 Å². The van der Waals surface area contributed by atoms with Crippen LogP contribution in [0.4, 0.5) is 5.69 Å². The van der Waals surface area contributed by atoms with Crippen LogP contribution in [0, 0.1) is 13.8 Å². The van der Waals surface area contributed by atoms with Crippen molar-refractivity contribution in [1.29, 1.82) is 0 Å². The van der Waals surface area contributed by atoms with Crippen LogP contribution in [0.15, 0.2) is 42.5 Å². The number of aryl methyl sites for hydroxylation is 3. The van der Waals surface area contributed by atoms with Crippen molar-refractivity contribution in [2.24, 2.45) is 0 Å². The van der Waals surface area contributed by atoms with E-state index in [9.17, 15) is 4.79 Å². The minimum absolute atomic E-state index is 0.0729. The molecule has 2 aromatic rings. The molecule has 1 amide bonds.